The van der Waals surface area contributed by atoms with Crippen LogP contribution in [0.1, 0.15) is 5.56 Å². The van der Waals surface area contributed by atoms with Gasteiger partial charge in [0.05, 0.1) is 10.8 Å². The van der Waals surface area contributed by atoms with Gasteiger partial charge in [0.1, 0.15) is 17.6 Å². The highest BCUT2D eigenvalue weighted by Gasteiger charge is 2.09. The third-order valence-electron chi connectivity index (χ3n) is 2.48. The van der Waals surface area contributed by atoms with Gasteiger partial charge in [-0.3, -0.25) is 0 Å². The van der Waals surface area contributed by atoms with Crippen molar-refractivity contribution in [2.75, 3.05) is 0 Å². The maximum Gasteiger partial charge on any atom is 0.248 e. The molecule has 1 N–H and O–H groups in total. The summed E-state index contributed by atoms with van der Waals surface area (Å²) >= 11 is 3.47. The van der Waals surface area contributed by atoms with Crippen molar-refractivity contribution in [3.05, 3.63) is 40.9 Å². The van der Waals surface area contributed by atoms with Gasteiger partial charge >= 0.3 is 0 Å². The van der Waals surface area contributed by atoms with Gasteiger partial charge in [-0.1, -0.05) is 6.07 Å². The normalized spacial score (nSPS) is 10.8. The number of fused-ring (bicyclic) bond motifs is 1. The van der Waals surface area contributed by atoms with Gasteiger partial charge < -0.3 is 9.72 Å². The molecule has 0 saturated carbocycles. The van der Waals surface area contributed by atoms with Crippen LogP contribution in [0.15, 0.2) is 35.3 Å². The van der Waals surface area contributed by atoms with Crippen molar-refractivity contribution in [3.8, 4) is 11.6 Å². The summed E-state index contributed by atoms with van der Waals surface area (Å²) in [5.41, 5.74) is 2.43. The molecule has 0 amide bonds. The molecule has 0 radical (unpaired) electrons. The minimum Gasteiger partial charge on any atom is -0.436 e. The summed E-state index contributed by atoms with van der Waals surface area (Å²) in [5, 5.41) is 0. The lowest BCUT2D eigenvalue weighted by atomic mass is 10.2. The Morgan fingerprint density at radius 1 is 1.22 bits per heavy atom. The van der Waals surface area contributed by atoms with Crippen molar-refractivity contribution in [1.82, 2.24) is 19.9 Å². The predicted octanol–water partition coefficient (Wildman–Crippen LogP) is 3.22. The first-order valence-electron chi connectivity index (χ1n) is 5.32. The molecule has 0 aliphatic heterocycles. The molecule has 3 rings (SSSR count). The van der Waals surface area contributed by atoms with E-state index < -0.39 is 0 Å². The zero-order valence-electron chi connectivity index (χ0n) is 9.51. The van der Waals surface area contributed by atoms with E-state index in [0.717, 1.165) is 10.0 Å². The summed E-state index contributed by atoms with van der Waals surface area (Å²) in [6, 6.07) is 5.86. The Kier molecular flexibility index (Phi) is 2.71. The molecule has 18 heavy (non-hydrogen) atoms. The van der Waals surface area contributed by atoms with E-state index in [1.165, 1.54) is 6.33 Å². The Bertz CT molecular complexity index is 710. The molecule has 0 saturated heterocycles. The van der Waals surface area contributed by atoms with Crippen molar-refractivity contribution in [3.63, 3.8) is 0 Å². The number of nitrogens with zero attached hydrogens (tertiary/aromatic N) is 3. The van der Waals surface area contributed by atoms with E-state index in [0.29, 0.717) is 22.8 Å². The standard InChI is InChI=1S/C12H9BrN4O/c1-7-2-3-9(8(13)4-7)18-12-10-11(15-5-14-10)16-6-17-12/h2-6H,1H3,(H,14,15,16,17). The average molecular weight is 305 g/mol. The third-order valence-corrected chi connectivity index (χ3v) is 3.10. The molecule has 0 unspecified atom stereocenters. The maximum atomic E-state index is 5.77. The molecule has 0 spiro atoms. The lowest BCUT2D eigenvalue weighted by molar-refractivity contribution is 0.464. The Morgan fingerprint density at radius 3 is 2.94 bits per heavy atom. The number of imidazole rings is 1. The number of ether oxygens (including phenoxy) is 1. The summed E-state index contributed by atoms with van der Waals surface area (Å²) in [6.45, 7) is 2.02. The fraction of sp³-hybridized carbons (Fsp3) is 0.0833. The molecular formula is C12H9BrN4O. The molecule has 5 nitrogen and oxygen atoms in total. The Hall–Kier alpha value is -1.95. The number of H-pyrrole nitrogens is 1. The highest BCUT2D eigenvalue weighted by Crippen LogP contribution is 2.31. The highest BCUT2D eigenvalue weighted by atomic mass is 79.9. The zero-order valence-corrected chi connectivity index (χ0v) is 11.1. The number of aromatic nitrogens is 4. The van der Waals surface area contributed by atoms with E-state index >= 15 is 0 Å². The third kappa shape index (κ3) is 1.95. The van der Waals surface area contributed by atoms with E-state index in [1.807, 2.05) is 25.1 Å². The number of nitrogens with one attached hydrogen (secondary N) is 1. The van der Waals surface area contributed by atoms with Crippen LogP contribution in [-0.4, -0.2) is 19.9 Å². The van der Waals surface area contributed by atoms with Gasteiger partial charge in [0, 0.05) is 0 Å². The largest absolute Gasteiger partial charge is 0.436 e. The van der Waals surface area contributed by atoms with Gasteiger partial charge in [0.15, 0.2) is 5.65 Å². The summed E-state index contributed by atoms with van der Waals surface area (Å²) in [4.78, 5) is 15.2. The van der Waals surface area contributed by atoms with Crippen LogP contribution in [0.2, 0.25) is 0 Å². The molecule has 2 aromatic heterocycles. The molecule has 0 aliphatic rings. The second-order valence-corrected chi connectivity index (χ2v) is 4.67. The zero-order chi connectivity index (χ0) is 12.5. The van der Waals surface area contributed by atoms with E-state index in [1.54, 1.807) is 6.33 Å². The molecule has 3 aromatic rings. The number of hydrogen-bond acceptors (Lipinski definition) is 4. The van der Waals surface area contributed by atoms with Crippen LogP contribution in [0.25, 0.3) is 11.2 Å². The Morgan fingerprint density at radius 2 is 2.11 bits per heavy atom. The number of aromatic amines is 1. The second-order valence-electron chi connectivity index (χ2n) is 3.82. The minimum atomic E-state index is 0.460. The summed E-state index contributed by atoms with van der Waals surface area (Å²) in [5.74, 6) is 1.16. The van der Waals surface area contributed by atoms with Gasteiger partial charge in [-0.05, 0) is 40.5 Å². The van der Waals surface area contributed by atoms with Gasteiger partial charge in [0.25, 0.3) is 0 Å². The van der Waals surface area contributed by atoms with E-state index in [4.69, 9.17) is 4.74 Å². The number of rotatable bonds is 2. The molecule has 6 heteroatoms. The topological polar surface area (TPSA) is 63.7 Å². The maximum absolute atomic E-state index is 5.77. The molecule has 0 aliphatic carbocycles. The van der Waals surface area contributed by atoms with Crippen LogP contribution < -0.4 is 4.74 Å². The Labute approximate surface area is 111 Å². The summed E-state index contributed by atoms with van der Waals surface area (Å²) < 4.78 is 6.65. The molecule has 90 valence electrons. The van der Waals surface area contributed by atoms with E-state index in [-0.39, 0.29) is 0 Å². The van der Waals surface area contributed by atoms with Crippen molar-refractivity contribution in [2.24, 2.45) is 0 Å². The number of hydrogen-bond donors (Lipinski definition) is 1. The van der Waals surface area contributed by atoms with Crippen LogP contribution in [-0.2, 0) is 0 Å². The van der Waals surface area contributed by atoms with Crippen LogP contribution in [0.4, 0.5) is 0 Å². The first-order chi connectivity index (χ1) is 8.74. The van der Waals surface area contributed by atoms with Gasteiger partial charge in [-0.15, -0.1) is 0 Å². The minimum absolute atomic E-state index is 0.460. The average Bonchev–Trinajstić information content (AvgIpc) is 2.82. The highest BCUT2D eigenvalue weighted by molar-refractivity contribution is 9.10. The van der Waals surface area contributed by atoms with Crippen LogP contribution in [0.3, 0.4) is 0 Å². The van der Waals surface area contributed by atoms with Gasteiger partial charge in [0.2, 0.25) is 5.88 Å². The molecule has 0 atom stereocenters. The van der Waals surface area contributed by atoms with E-state index in [9.17, 15) is 0 Å². The molecular weight excluding hydrogens is 296 g/mol. The fourth-order valence-electron chi connectivity index (χ4n) is 1.61. The van der Waals surface area contributed by atoms with Crippen molar-refractivity contribution in [2.45, 2.75) is 6.92 Å². The molecule has 1 aromatic carbocycles. The van der Waals surface area contributed by atoms with Gasteiger partial charge in [-0.25, -0.2) is 9.97 Å². The van der Waals surface area contributed by atoms with E-state index in [2.05, 4.69) is 35.9 Å². The van der Waals surface area contributed by atoms with Crippen molar-refractivity contribution in [1.29, 1.82) is 0 Å². The van der Waals surface area contributed by atoms with Gasteiger partial charge in [-0.2, -0.15) is 4.98 Å². The molecule has 2 heterocycles. The fourth-order valence-corrected chi connectivity index (χ4v) is 2.19. The lowest BCUT2D eigenvalue weighted by Gasteiger charge is -2.07. The van der Waals surface area contributed by atoms with Crippen LogP contribution >= 0.6 is 15.9 Å². The Balaban J connectivity index is 2.03. The molecule has 0 fully saturated rings. The smallest absolute Gasteiger partial charge is 0.248 e. The second kappa shape index (κ2) is 4.38. The SMILES string of the molecule is Cc1ccc(Oc2ncnc3nc[nH]c23)c(Br)c1. The quantitative estimate of drug-likeness (QED) is 0.789. The number of benzene rings is 1. The van der Waals surface area contributed by atoms with Crippen molar-refractivity contribution < 1.29 is 4.74 Å². The lowest BCUT2D eigenvalue weighted by Crippen LogP contribution is -1.92. The number of aryl methyl sites for hydroxylation is 1. The predicted molar refractivity (Wildman–Crippen MR) is 70.6 cm³/mol. The summed E-state index contributed by atoms with van der Waals surface area (Å²) in [7, 11) is 0. The number of halogens is 1. The molecule has 0 bridgehead atoms. The van der Waals surface area contributed by atoms with Crippen molar-refractivity contribution >= 4 is 27.1 Å². The first kappa shape index (κ1) is 11.2. The van der Waals surface area contributed by atoms with Crippen LogP contribution in [0, 0.1) is 6.92 Å². The first-order valence-corrected chi connectivity index (χ1v) is 6.11. The van der Waals surface area contributed by atoms with Crippen LogP contribution in [0.5, 0.6) is 11.6 Å². The summed E-state index contributed by atoms with van der Waals surface area (Å²) in [6.07, 6.45) is 3.00. The monoisotopic (exact) mass is 304 g/mol.